The van der Waals surface area contributed by atoms with E-state index in [2.05, 4.69) is 297 Å². The molecule has 384 valence electrons. The number of pyridine rings is 1. The minimum atomic E-state index is -0.393. The molecule has 0 amide bonds. The van der Waals surface area contributed by atoms with E-state index in [0.29, 0.717) is 11.5 Å². The zero-order chi connectivity index (χ0) is 52.3. The van der Waals surface area contributed by atoms with Crippen LogP contribution in [0.4, 0.5) is 11.4 Å². The van der Waals surface area contributed by atoms with Gasteiger partial charge in [0.05, 0.1) is 0 Å². The Bertz CT molecular complexity index is 3730. The number of ether oxygens (including phenoxy) is 1. The minimum Gasteiger partial charge on any atom is -0.509 e. The van der Waals surface area contributed by atoms with Gasteiger partial charge in [0.15, 0.2) is 0 Å². The summed E-state index contributed by atoms with van der Waals surface area (Å²) in [6, 6.07) is 76.9. The molecule has 76 heavy (non-hydrogen) atoms. The molecule has 0 N–H and O–H groups in total. The summed E-state index contributed by atoms with van der Waals surface area (Å²) in [7, 11) is 0. The minimum absolute atomic E-state index is 0. The molecule has 0 atom stereocenters. The molecule has 0 fully saturated rings. The van der Waals surface area contributed by atoms with Crippen LogP contribution >= 0.6 is 0 Å². The largest absolute Gasteiger partial charge is 0.509 e. The van der Waals surface area contributed by atoms with Crippen LogP contribution in [-0.2, 0) is 42.7 Å². The molecule has 1 aliphatic rings. The maximum absolute atomic E-state index is 7.02. The number of hydrogen-bond acceptors (Lipinski definition) is 4. The molecule has 3 heterocycles. The number of benzene rings is 8. The van der Waals surface area contributed by atoms with Crippen molar-refractivity contribution in [1.29, 1.82) is 0 Å². The van der Waals surface area contributed by atoms with Gasteiger partial charge in [-0.2, -0.15) is 6.07 Å². The van der Waals surface area contributed by atoms with Crippen molar-refractivity contribution in [2.75, 3.05) is 9.80 Å². The van der Waals surface area contributed by atoms with Gasteiger partial charge < -0.3 is 19.1 Å². The number of hydrogen-bond donors (Lipinski definition) is 0. The summed E-state index contributed by atoms with van der Waals surface area (Å²) in [5.74, 6) is 1.98. The molecule has 0 spiro atoms. The van der Waals surface area contributed by atoms with Gasteiger partial charge in [-0.05, 0) is 97.3 Å². The van der Waals surface area contributed by atoms with Crippen LogP contribution in [0, 0.1) is 18.8 Å². The summed E-state index contributed by atoms with van der Waals surface area (Å²) in [6.07, 6.45) is 4.20. The van der Waals surface area contributed by atoms with Gasteiger partial charge in [0.1, 0.15) is 5.82 Å². The van der Waals surface area contributed by atoms with Crippen molar-refractivity contribution in [2.24, 2.45) is 0 Å². The average molecular weight is 1170 g/mol. The Kier molecular flexibility index (Phi) is 13.9. The molecule has 0 saturated carbocycles. The van der Waals surface area contributed by atoms with E-state index in [1.54, 1.807) is 0 Å². The Balaban J connectivity index is 0.00000657. The Morgan fingerprint density at radius 3 is 1.67 bits per heavy atom. The fourth-order valence-corrected chi connectivity index (χ4v) is 10.5. The van der Waals surface area contributed by atoms with E-state index in [1.807, 2.05) is 12.3 Å². The topological polar surface area (TPSA) is 33.5 Å². The number of aromatic nitrogens is 2. The van der Waals surface area contributed by atoms with E-state index in [4.69, 9.17) is 9.72 Å². The molecule has 0 aliphatic carbocycles. The zero-order valence-electron chi connectivity index (χ0n) is 45.2. The monoisotopic (exact) mass is 1170 g/mol. The van der Waals surface area contributed by atoms with Gasteiger partial charge in [0.2, 0.25) is 0 Å². The van der Waals surface area contributed by atoms with E-state index in [-0.39, 0.29) is 37.3 Å². The summed E-state index contributed by atoms with van der Waals surface area (Å²) in [5.41, 5.74) is 14.8. The molecule has 10 aromatic rings. The normalized spacial score (nSPS) is 13.3. The Hall–Kier alpha value is -7.46. The number of rotatable bonds is 11. The second-order valence-electron chi connectivity index (χ2n) is 23.2. The first-order chi connectivity index (χ1) is 35.9. The van der Waals surface area contributed by atoms with Crippen molar-refractivity contribution in [2.45, 2.75) is 90.9 Å². The average Bonchev–Trinajstić information content (AvgIpc) is 4.03. The molecule has 6 heteroatoms. The Morgan fingerprint density at radius 2 is 1.05 bits per heavy atom. The molecule has 0 radical (unpaired) electrons. The third kappa shape index (κ3) is 10.1. The molecule has 5 nitrogen and oxygen atoms in total. The Labute approximate surface area is 464 Å². The van der Waals surface area contributed by atoms with Gasteiger partial charge in [-0.1, -0.05) is 214 Å². The van der Waals surface area contributed by atoms with E-state index in [1.165, 1.54) is 38.9 Å². The molecule has 1 aliphatic heterocycles. The standard InChI is InChI=1S/C70H65N4O.Pt/c1-67(2,3)54-31-34-63-62(42-54)61-33-32-59(45-64(61)74(63)66-43-55(35-36-71-66)69(7,8)52-27-19-13-20-28-52)75-60-40-51(49-25-17-12-18-26-49)38-57(44-60)72-46-65(70(9,10)53-29-21-14-22-30-53)73(47-72)58-39-50(48-23-15-11-16-24-48)37-56(41-58)68(4,5)6;/h11-43,46-47H,1-10H3;/q-3;. The molecule has 11 rings (SSSR count). The van der Waals surface area contributed by atoms with Crippen molar-refractivity contribution >= 4 is 33.2 Å². The van der Waals surface area contributed by atoms with E-state index in [9.17, 15) is 0 Å². The van der Waals surface area contributed by atoms with Crippen molar-refractivity contribution in [3.63, 3.8) is 0 Å². The second-order valence-corrected chi connectivity index (χ2v) is 23.2. The molecule has 0 saturated heterocycles. The number of anilines is 2. The van der Waals surface area contributed by atoms with Gasteiger partial charge in [-0.15, -0.1) is 53.6 Å². The van der Waals surface area contributed by atoms with E-state index < -0.39 is 5.41 Å². The van der Waals surface area contributed by atoms with Crippen LogP contribution in [0.1, 0.15) is 97.1 Å². The summed E-state index contributed by atoms with van der Waals surface area (Å²) in [4.78, 5) is 9.64. The number of nitrogens with zero attached hydrogens (tertiary/aromatic N) is 4. The summed E-state index contributed by atoms with van der Waals surface area (Å²) >= 11 is 0. The fraction of sp³-hybridized carbons (Fsp3) is 0.200. The SMILES string of the molecule is CC(C)(C)c1cc(-c2ccccc2)cc(N2[CH-]N(c3[c-]c(Oc4[c-]c5c(cc4)c4cc(C(C)(C)C)ccc4n5-c4cc(C(C)(C)c5ccccc5)ccn4)cc(-c4ccccc4)c3)C=C2C(C)(C)c2ccccc2)c1.[Pt]. The summed E-state index contributed by atoms with van der Waals surface area (Å²) < 4.78 is 9.27. The summed E-state index contributed by atoms with van der Waals surface area (Å²) in [6.45, 7) is 25.1. The van der Waals surface area contributed by atoms with Crippen LogP contribution in [0.5, 0.6) is 11.5 Å². The smallest absolute Gasteiger partial charge is 0.135 e. The second kappa shape index (κ2) is 20.2. The first-order valence-corrected chi connectivity index (χ1v) is 26.2. The van der Waals surface area contributed by atoms with Gasteiger partial charge in [0, 0.05) is 66.5 Å². The van der Waals surface area contributed by atoms with E-state index >= 15 is 0 Å². The van der Waals surface area contributed by atoms with Crippen LogP contribution in [0.3, 0.4) is 0 Å². The molecule has 8 aromatic carbocycles. The van der Waals surface area contributed by atoms with Crippen LogP contribution in [0.15, 0.2) is 212 Å². The maximum Gasteiger partial charge on any atom is 0.135 e. The van der Waals surface area contributed by atoms with E-state index in [0.717, 1.165) is 55.8 Å². The molecule has 0 bridgehead atoms. The van der Waals surface area contributed by atoms with Crippen molar-refractivity contribution in [3.8, 4) is 39.6 Å². The third-order valence-electron chi connectivity index (χ3n) is 15.2. The first kappa shape index (κ1) is 52.0. The molecule has 0 unspecified atom stereocenters. The maximum atomic E-state index is 7.02. The van der Waals surface area contributed by atoms with Crippen LogP contribution in [0.25, 0.3) is 49.9 Å². The zero-order valence-corrected chi connectivity index (χ0v) is 47.5. The number of allylic oxidation sites excluding steroid dienone is 1. The predicted octanol–water partition coefficient (Wildman–Crippen LogP) is 18.1. The first-order valence-electron chi connectivity index (χ1n) is 26.2. The molecular weight excluding hydrogens is 1110 g/mol. The number of fused-ring (bicyclic) bond motifs is 3. The van der Waals surface area contributed by atoms with Crippen molar-refractivity contribution in [3.05, 3.63) is 259 Å². The van der Waals surface area contributed by atoms with Gasteiger partial charge in [0.25, 0.3) is 0 Å². The van der Waals surface area contributed by atoms with Gasteiger partial charge in [-0.3, -0.25) is 0 Å². The van der Waals surface area contributed by atoms with Crippen molar-refractivity contribution in [1.82, 2.24) is 9.55 Å². The van der Waals surface area contributed by atoms with Gasteiger partial charge in [-0.25, -0.2) is 4.98 Å². The quantitative estimate of drug-likeness (QED) is 0.121. The van der Waals surface area contributed by atoms with Crippen LogP contribution < -0.4 is 14.5 Å². The fourth-order valence-electron chi connectivity index (χ4n) is 10.5. The van der Waals surface area contributed by atoms with Crippen molar-refractivity contribution < 1.29 is 25.8 Å². The van der Waals surface area contributed by atoms with Crippen LogP contribution in [-0.4, -0.2) is 9.55 Å². The van der Waals surface area contributed by atoms with Gasteiger partial charge >= 0.3 is 0 Å². The van der Waals surface area contributed by atoms with Crippen LogP contribution in [0.2, 0.25) is 0 Å². The third-order valence-corrected chi connectivity index (χ3v) is 15.2. The predicted molar refractivity (Wildman–Crippen MR) is 313 cm³/mol. The summed E-state index contributed by atoms with van der Waals surface area (Å²) in [5, 5.41) is 2.23. The Morgan fingerprint density at radius 1 is 0.461 bits per heavy atom. The molecular formula is C70H65N4OPt-3. The molecule has 2 aromatic heterocycles.